The zero-order valence-corrected chi connectivity index (χ0v) is 14.0. The summed E-state index contributed by atoms with van der Waals surface area (Å²) >= 11 is 5.97. The van der Waals surface area contributed by atoms with E-state index in [2.05, 4.69) is 15.6 Å². The first kappa shape index (κ1) is 15.4. The molecule has 0 amide bonds. The van der Waals surface area contributed by atoms with E-state index in [1.165, 1.54) is 4.68 Å². The number of nitrogens with zero attached hydrogens (tertiary/aromatic N) is 3. The van der Waals surface area contributed by atoms with E-state index in [0.29, 0.717) is 33.3 Å². The molecular formula is C18H13ClN4O2. The predicted molar refractivity (Wildman–Crippen MR) is 96.7 cm³/mol. The number of aromatic nitrogens is 3. The van der Waals surface area contributed by atoms with Gasteiger partial charge in [0.05, 0.1) is 10.9 Å². The Kier molecular flexibility index (Phi) is 3.74. The van der Waals surface area contributed by atoms with Crippen LogP contribution in [-0.4, -0.2) is 14.8 Å². The lowest BCUT2D eigenvalue weighted by Gasteiger charge is -2.10. The Balaban J connectivity index is 1.73. The van der Waals surface area contributed by atoms with E-state index < -0.39 is 0 Å². The number of rotatable bonds is 3. The summed E-state index contributed by atoms with van der Waals surface area (Å²) in [7, 11) is 0. The summed E-state index contributed by atoms with van der Waals surface area (Å²) in [5.41, 5.74) is 4.83. The highest BCUT2D eigenvalue weighted by Gasteiger charge is 2.12. The van der Waals surface area contributed by atoms with Crippen LogP contribution in [0, 0.1) is 6.92 Å². The minimum absolute atomic E-state index is 0.239. The van der Waals surface area contributed by atoms with Crippen LogP contribution >= 0.6 is 11.6 Å². The van der Waals surface area contributed by atoms with Gasteiger partial charge in [-0.2, -0.15) is 0 Å². The highest BCUT2D eigenvalue weighted by atomic mass is 35.5. The zero-order chi connectivity index (χ0) is 17.4. The van der Waals surface area contributed by atoms with Crippen molar-refractivity contribution in [3.05, 3.63) is 75.8 Å². The minimum atomic E-state index is -0.239. The fourth-order valence-corrected chi connectivity index (χ4v) is 2.75. The smallest absolute Gasteiger partial charge is 0.280 e. The summed E-state index contributed by atoms with van der Waals surface area (Å²) < 4.78 is 6.62. The van der Waals surface area contributed by atoms with Crippen molar-refractivity contribution in [1.29, 1.82) is 0 Å². The standard InChI is InChI=1S/C18H13ClN4O2/c1-11-20-16-9-13(19)7-8-14(16)18(24)23(11)21-17-10-15(22-25-17)12-5-3-2-4-6-12/h2-10,21H,1H3. The summed E-state index contributed by atoms with van der Waals surface area (Å²) in [5, 5.41) is 5.02. The first-order chi connectivity index (χ1) is 12.1. The van der Waals surface area contributed by atoms with Crippen molar-refractivity contribution in [1.82, 2.24) is 14.8 Å². The second-order valence-electron chi connectivity index (χ2n) is 5.52. The molecule has 0 aliphatic heterocycles. The molecule has 2 aromatic carbocycles. The van der Waals surface area contributed by atoms with Gasteiger partial charge >= 0.3 is 0 Å². The molecule has 2 aromatic heterocycles. The number of anilines is 1. The maximum absolute atomic E-state index is 12.7. The molecule has 0 fully saturated rings. The van der Waals surface area contributed by atoms with Crippen LogP contribution < -0.4 is 11.0 Å². The van der Waals surface area contributed by atoms with Gasteiger partial charge in [0.2, 0.25) is 5.88 Å². The zero-order valence-electron chi connectivity index (χ0n) is 13.2. The van der Waals surface area contributed by atoms with Crippen LogP contribution in [0.25, 0.3) is 22.2 Å². The Labute approximate surface area is 147 Å². The molecule has 0 bridgehead atoms. The summed E-state index contributed by atoms with van der Waals surface area (Å²) in [6, 6.07) is 16.3. The van der Waals surface area contributed by atoms with Gasteiger partial charge in [-0.25, -0.2) is 9.66 Å². The van der Waals surface area contributed by atoms with Crippen LogP contribution in [0.15, 0.2) is 63.9 Å². The Bertz CT molecular complexity index is 1120. The average molecular weight is 353 g/mol. The van der Waals surface area contributed by atoms with E-state index in [1.807, 2.05) is 30.3 Å². The average Bonchev–Trinajstić information content (AvgIpc) is 3.08. The molecule has 0 aliphatic rings. The van der Waals surface area contributed by atoms with Crippen LogP contribution in [0.3, 0.4) is 0 Å². The first-order valence-electron chi connectivity index (χ1n) is 7.60. The molecule has 4 aromatic rings. The van der Waals surface area contributed by atoms with E-state index in [9.17, 15) is 4.79 Å². The molecule has 7 heteroatoms. The van der Waals surface area contributed by atoms with Crippen molar-refractivity contribution in [3.63, 3.8) is 0 Å². The number of hydrogen-bond donors (Lipinski definition) is 1. The number of nitrogens with one attached hydrogen (secondary N) is 1. The van der Waals surface area contributed by atoms with Crippen molar-refractivity contribution in [3.8, 4) is 11.3 Å². The summed E-state index contributed by atoms with van der Waals surface area (Å²) in [6.07, 6.45) is 0. The molecule has 2 heterocycles. The fraction of sp³-hybridized carbons (Fsp3) is 0.0556. The van der Waals surface area contributed by atoms with Crippen LogP contribution in [0.2, 0.25) is 5.02 Å². The van der Waals surface area contributed by atoms with Gasteiger partial charge < -0.3 is 4.52 Å². The topological polar surface area (TPSA) is 73.0 Å². The monoisotopic (exact) mass is 352 g/mol. The van der Waals surface area contributed by atoms with Gasteiger partial charge in [-0.15, -0.1) is 0 Å². The molecule has 25 heavy (non-hydrogen) atoms. The maximum atomic E-state index is 12.7. The molecule has 1 N–H and O–H groups in total. The van der Waals surface area contributed by atoms with Gasteiger partial charge in [0.1, 0.15) is 11.5 Å². The third-order valence-electron chi connectivity index (χ3n) is 3.80. The molecule has 0 unspecified atom stereocenters. The molecule has 4 rings (SSSR count). The second-order valence-corrected chi connectivity index (χ2v) is 5.95. The predicted octanol–water partition coefficient (Wildman–Crippen LogP) is 3.89. The van der Waals surface area contributed by atoms with Gasteiger partial charge in [-0.3, -0.25) is 10.2 Å². The normalized spacial score (nSPS) is 11.0. The van der Waals surface area contributed by atoms with Crippen molar-refractivity contribution in [2.45, 2.75) is 6.92 Å². The molecule has 0 spiro atoms. The number of halogens is 1. The minimum Gasteiger partial charge on any atom is -0.336 e. The maximum Gasteiger partial charge on any atom is 0.280 e. The van der Waals surface area contributed by atoms with E-state index in [4.69, 9.17) is 16.1 Å². The van der Waals surface area contributed by atoms with Crippen LogP contribution in [0.1, 0.15) is 5.82 Å². The highest BCUT2D eigenvalue weighted by molar-refractivity contribution is 6.31. The van der Waals surface area contributed by atoms with Crippen LogP contribution in [0.4, 0.5) is 5.88 Å². The van der Waals surface area contributed by atoms with E-state index in [0.717, 1.165) is 5.56 Å². The van der Waals surface area contributed by atoms with Gasteiger partial charge in [0, 0.05) is 16.7 Å². The summed E-state index contributed by atoms with van der Waals surface area (Å²) in [6.45, 7) is 1.73. The lowest BCUT2D eigenvalue weighted by atomic mass is 10.2. The van der Waals surface area contributed by atoms with Gasteiger partial charge in [0.25, 0.3) is 5.56 Å². The lowest BCUT2D eigenvalue weighted by Crippen LogP contribution is -2.29. The molecule has 124 valence electrons. The molecular weight excluding hydrogens is 340 g/mol. The molecule has 0 atom stereocenters. The van der Waals surface area contributed by atoms with E-state index >= 15 is 0 Å². The second kappa shape index (κ2) is 6.07. The number of hydrogen-bond acceptors (Lipinski definition) is 5. The third-order valence-corrected chi connectivity index (χ3v) is 4.04. The van der Waals surface area contributed by atoms with E-state index in [1.54, 1.807) is 31.2 Å². The van der Waals surface area contributed by atoms with Gasteiger partial charge in [-0.1, -0.05) is 47.1 Å². The number of aryl methyl sites for hydroxylation is 1. The fourth-order valence-electron chi connectivity index (χ4n) is 2.58. The molecule has 0 aliphatic carbocycles. The van der Waals surface area contributed by atoms with Crippen molar-refractivity contribution in [2.75, 3.05) is 5.43 Å². The highest BCUT2D eigenvalue weighted by Crippen LogP contribution is 2.21. The Morgan fingerprint density at radius 2 is 1.92 bits per heavy atom. The molecule has 6 nitrogen and oxygen atoms in total. The summed E-state index contributed by atoms with van der Waals surface area (Å²) in [4.78, 5) is 17.1. The SMILES string of the molecule is Cc1nc2cc(Cl)ccc2c(=O)n1Nc1cc(-c2ccccc2)no1. The van der Waals surface area contributed by atoms with Crippen LogP contribution in [0.5, 0.6) is 0 Å². The summed E-state index contributed by atoms with van der Waals surface area (Å²) in [5.74, 6) is 0.830. The number of benzene rings is 2. The van der Waals surface area contributed by atoms with Crippen molar-refractivity contribution < 1.29 is 4.52 Å². The first-order valence-corrected chi connectivity index (χ1v) is 7.98. The molecule has 0 saturated carbocycles. The van der Waals surface area contributed by atoms with Crippen molar-refractivity contribution in [2.24, 2.45) is 0 Å². The Morgan fingerprint density at radius 1 is 1.12 bits per heavy atom. The van der Waals surface area contributed by atoms with Crippen molar-refractivity contribution >= 4 is 28.4 Å². The third kappa shape index (κ3) is 2.88. The van der Waals surface area contributed by atoms with Gasteiger partial charge in [-0.05, 0) is 25.1 Å². The van der Waals surface area contributed by atoms with Gasteiger partial charge in [0.15, 0.2) is 0 Å². The molecule has 0 saturated heterocycles. The van der Waals surface area contributed by atoms with Crippen LogP contribution in [-0.2, 0) is 0 Å². The quantitative estimate of drug-likeness (QED) is 0.605. The largest absolute Gasteiger partial charge is 0.336 e. The number of fused-ring (bicyclic) bond motifs is 1. The Morgan fingerprint density at radius 3 is 2.72 bits per heavy atom. The lowest BCUT2D eigenvalue weighted by molar-refractivity contribution is 0.430. The molecule has 0 radical (unpaired) electrons. The van der Waals surface area contributed by atoms with E-state index in [-0.39, 0.29) is 5.56 Å². The Hall–Kier alpha value is -3.12.